The number of ether oxygens (including phenoxy) is 1. The van der Waals surface area contributed by atoms with Crippen molar-refractivity contribution < 1.29 is 19.4 Å². The predicted octanol–water partition coefficient (Wildman–Crippen LogP) is 1.60. The first-order chi connectivity index (χ1) is 9.10. The number of aliphatic carboxylic acids is 1. The molecule has 0 rings (SSSR count). The molecule has 3 N–H and O–H groups in total. The van der Waals surface area contributed by atoms with Crippen LogP contribution < -0.4 is 10.6 Å². The van der Waals surface area contributed by atoms with Gasteiger partial charge in [-0.05, 0) is 12.3 Å². The summed E-state index contributed by atoms with van der Waals surface area (Å²) in [6.07, 6.45) is 4.55. The van der Waals surface area contributed by atoms with Crippen LogP contribution in [0.1, 0.15) is 39.5 Å². The Hall–Kier alpha value is -1.30. The first kappa shape index (κ1) is 17.7. The molecule has 112 valence electrons. The van der Waals surface area contributed by atoms with Gasteiger partial charge < -0.3 is 20.5 Å². The number of carbonyl (C=O) groups excluding carboxylic acids is 1. The quantitative estimate of drug-likeness (QED) is 0.499. The van der Waals surface area contributed by atoms with E-state index in [9.17, 15) is 9.59 Å². The number of hydrogen-bond donors (Lipinski definition) is 3. The topological polar surface area (TPSA) is 87.7 Å². The number of urea groups is 1. The molecule has 6 nitrogen and oxygen atoms in total. The van der Waals surface area contributed by atoms with Crippen molar-refractivity contribution in [1.29, 1.82) is 0 Å². The highest BCUT2D eigenvalue weighted by Gasteiger charge is 2.07. The van der Waals surface area contributed by atoms with Crippen LogP contribution in [0.15, 0.2) is 0 Å². The zero-order chi connectivity index (χ0) is 14.5. The van der Waals surface area contributed by atoms with E-state index in [1.54, 1.807) is 0 Å². The van der Waals surface area contributed by atoms with Gasteiger partial charge in [0.05, 0.1) is 6.61 Å². The van der Waals surface area contributed by atoms with Crippen molar-refractivity contribution >= 4 is 12.0 Å². The minimum atomic E-state index is -1.01. The molecule has 0 aliphatic heterocycles. The van der Waals surface area contributed by atoms with Gasteiger partial charge in [0.1, 0.15) is 6.61 Å². The van der Waals surface area contributed by atoms with E-state index in [1.807, 2.05) is 0 Å². The molecule has 19 heavy (non-hydrogen) atoms. The normalized spacial score (nSPS) is 11.9. The van der Waals surface area contributed by atoms with Crippen LogP contribution in [-0.2, 0) is 9.53 Å². The molecular weight excluding hydrogens is 248 g/mol. The van der Waals surface area contributed by atoms with Crippen LogP contribution >= 0.6 is 0 Å². The zero-order valence-electron chi connectivity index (χ0n) is 11.9. The van der Waals surface area contributed by atoms with Gasteiger partial charge in [0.15, 0.2) is 0 Å². The van der Waals surface area contributed by atoms with Crippen molar-refractivity contribution in [2.24, 2.45) is 5.92 Å². The molecule has 0 radical (unpaired) electrons. The lowest BCUT2D eigenvalue weighted by atomic mass is 9.99. The number of carbonyl (C=O) groups is 2. The van der Waals surface area contributed by atoms with Gasteiger partial charge >= 0.3 is 12.0 Å². The second-order valence-corrected chi connectivity index (χ2v) is 4.50. The lowest BCUT2D eigenvalue weighted by molar-refractivity contribution is -0.142. The Kier molecular flexibility index (Phi) is 11.0. The van der Waals surface area contributed by atoms with E-state index in [2.05, 4.69) is 24.5 Å². The van der Waals surface area contributed by atoms with Gasteiger partial charge in [-0.15, -0.1) is 0 Å². The number of unbranched alkanes of at least 4 members (excludes halogenated alkanes) is 1. The third kappa shape index (κ3) is 11.5. The molecule has 0 heterocycles. The third-order valence-electron chi connectivity index (χ3n) is 2.85. The Morgan fingerprint density at radius 3 is 2.58 bits per heavy atom. The maximum Gasteiger partial charge on any atom is 0.329 e. The van der Waals surface area contributed by atoms with E-state index in [0.717, 1.165) is 12.8 Å². The van der Waals surface area contributed by atoms with Crippen molar-refractivity contribution in [2.45, 2.75) is 39.5 Å². The molecule has 0 fully saturated rings. The first-order valence-corrected chi connectivity index (χ1v) is 6.91. The van der Waals surface area contributed by atoms with Crippen molar-refractivity contribution in [2.75, 3.05) is 26.3 Å². The fourth-order valence-electron chi connectivity index (χ4n) is 1.64. The number of carboxylic acid groups (broad SMARTS) is 1. The fourth-order valence-corrected chi connectivity index (χ4v) is 1.64. The van der Waals surface area contributed by atoms with E-state index in [1.165, 1.54) is 12.8 Å². The maximum atomic E-state index is 11.4. The second kappa shape index (κ2) is 11.8. The number of rotatable bonds is 11. The molecule has 0 saturated carbocycles. The van der Waals surface area contributed by atoms with Gasteiger partial charge in [-0.3, -0.25) is 0 Å². The van der Waals surface area contributed by atoms with Crippen molar-refractivity contribution in [1.82, 2.24) is 10.6 Å². The molecule has 6 heteroatoms. The smallest absolute Gasteiger partial charge is 0.329 e. The Balaban J connectivity index is 3.54. The lowest BCUT2D eigenvalue weighted by Crippen LogP contribution is -2.39. The molecule has 0 aliphatic carbocycles. The fraction of sp³-hybridized carbons (Fsp3) is 0.846. The maximum absolute atomic E-state index is 11.4. The van der Waals surface area contributed by atoms with Crippen LogP contribution in [0.4, 0.5) is 4.79 Å². The molecule has 0 aromatic rings. The van der Waals surface area contributed by atoms with E-state index >= 15 is 0 Å². The van der Waals surface area contributed by atoms with Gasteiger partial charge in [-0.1, -0.05) is 33.1 Å². The van der Waals surface area contributed by atoms with E-state index in [0.29, 0.717) is 19.0 Å². The molecule has 0 aromatic carbocycles. The number of amides is 2. The monoisotopic (exact) mass is 274 g/mol. The van der Waals surface area contributed by atoms with Gasteiger partial charge in [-0.25, -0.2) is 9.59 Å². The highest BCUT2D eigenvalue weighted by molar-refractivity contribution is 5.73. The summed E-state index contributed by atoms with van der Waals surface area (Å²) in [5.74, 6) is -0.486. The molecule has 1 unspecified atom stereocenters. The Labute approximate surface area is 114 Å². The molecule has 1 atom stereocenters. The summed E-state index contributed by atoms with van der Waals surface area (Å²) in [5.41, 5.74) is 0. The summed E-state index contributed by atoms with van der Waals surface area (Å²) in [5, 5.41) is 13.8. The molecule has 0 spiro atoms. The average Bonchev–Trinajstić information content (AvgIpc) is 2.38. The van der Waals surface area contributed by atoms with Crippen molar-refractivity contribution in [3.05, 3.63) is 0 Å². The van der Waals surface area contributed by atoms with Crippen molar-refractivity contribution in [3.8, 4) is 0 Å². The number of carboxylic acids is 1. The second-order valence-electron chi connectivity index (χ2n) is 4.50. The standard InChI is InChI=1S/C13H26N2O4/c1-3-5-6-11(4-2)9-15-13(18)14-7-8-19-10-12(16)17/h11H,3-10H2,1-2H3,(H,16,17)(H2,14,15,18). The Morgan fingerprint density at radius 1 is 1.26 bits per heavy atom. The van der Waals surface area contributed by atoms with Gasteiger partial charge in [0.25, 0.3) is 0 Å². The summed E-state index contributed by atoms with van der Waals surface area (Å²) in [6, 6.07) is -0.228. The van der Waals surface area contributed by atoms with Crippen molar-refractivity contribution in [3.63, 3.8) is 0 Å². The highest BCUT2D eigenvalue weighted by Crippen LogP contribution is 2.10. The summed E-state index contributed by atoms with van der Waals surface area (Å²) in [4.78, 5) is 21.6. The summed E-state index contributed by atoms with van der Waals surface area (Å²) >= 11 is 0. The van der Waals surface area contributed by atoms with Gasteiger partial charge in [-0.2, -0.15) is 0 Å². The minimum Gasteiger partial charge on any atom is -0.480 e. The summed E-state index contributed by atoms with van der Waals surface area (Å²) in [7, 11) is 0. The van der Waals surface area contributed by atoms with E-state index in [-0.39, 0.29) is 19.2 Å². The predicted molar refractivity (Wildman–Crippen MR) is 73.2 cm³/mol. The largest absolute Gasteiger partial charge is 0.480 e. The van der Waals surface area contributed by atoms with Crippen LogP contribution in [0, 0.1) is 5.92 Å². The average molecular weight is 274 g/mol. The summed E-state index contributed by atoms with van der Waals surface area (Å²) in [6.45, 7) is 5.14. The zero-order valence-corrected chi connectivity index (χ0v) is 11.9. The van der Waals surface area contributed by atoms with Crippen LogP contribution in [0.3, 0.4) is 0 Å². The molecule has 2 amide bonds. The number of nitrogens with one attached hydrogen (secondary N) is 2. The van der Waals surface area contributed by atoms with E-state index < -0.39 is 5.97 Å². The Morgan fingerprint density at radius 2 is 2.00 bits per heavy atom. The van der Waals surface area contributed by atoms with Gasteiger partial charge in [0.2, 0.25) is 0 Å². The van der Waals surface area contributed by atoms with Crippen LogP contribution in [0.25, 0.3) is 0 Å². The summed E-state index contributed by atoms with van der Waals surface area (Å²) < 4.78 is 4.80. The highest BCUT2D eigenvalue weighted by atomic mass is 16.5. The van der Waals surface area contributed by atoms with Crippen LogP contribution in [0.2, 0.25) is 0 Å². The molecule has 0 aromatic heterocycles. The lowest BCUT2D eigenvalue weighted by Gasteiger charge is -2.15. The third-order valence-corrected chi connectivity index (χ3v) is 2.85. The van der Waals surface area contributed by atoms with E-state index in [4.69, 9.17) is 9.84 Å². The first-order valence-electron chi connectivity index (χ1n) is 6.91. The molecular formula is C13H26N2O4. The molecule has 0 bridgehead atoms. The minimum absolute atomic E-state index is 0.201. The molecule has 0 saturated heterocycles. The van der Waals surface area contributed by atoms with Crippen LogP contribution in [-0.4, -0.2) is 43.4 Å². The Bertz CT molecular complexity index is 259. The number of hydrogen-bond acceptors (Lipinski definition) is 3. The van der Waals surface area contributed by atoms with Crippen LogP contribution in [0.5, 0.6) is 0 Å². The SMILES string of the molecule is CCCCC(CC)CNC(=O)NCCOCC(=O)O. The molecule has 0 aliphatic rings. The van der Waals surface area contributed by atoms with Gasteiger partial charge in [0, 0.05) is 13.1 Å².